The third-order valence-electron chi connectivity index (χ3n) is 3.59. The number of hydrogen-bond donors (Lipinski definition) is 4. The Balaban J connectivity index is 2.42. The van der Waals surface area contributed by atoms with E-state index < -0.39 is 23.9 Å². The van der Waals surface area contributed by atoms with Gasteiger partial charge in [0.15, 0.2) is 0 Å². The zero-order valence-corrected chi connectivity index (χ0v) is 11.9. The highest BCUT2D eigenvalue weighted by atomic mass is 16.4. The lowest BCUT2D eigenvalue weighted by atomic mass is 9.92. The highest BCUT2D eigenvalue weighted by Crippen LogP contribution is 2.36. The SMILES string of the molecule is CC1(C)CCC(NC(=O)NC(CCC(N)=O)C(=O)O)C1. The summed E-state index contributed by atoms with van der Waals surface area (Å²) in [7, 11) is 0. The smallest absolute Gasteiger partial charge is 0.326 e. The fraction of sp³-hybridized carbons (Fsp3) is 0.769. The van der Waals surface area contributed by atoms with E-state index in [0.717, 1.165) is 19.3 Å². The summed E-state index contributed by atoms with van der Waals surface area (Å²) in [6, 6.07) is -1.54. The molecule has 7 heteroatoms. The van der Waals surface area contributed by atoms with Gasteiger partial charge in [0.05, 0.1) is 0 Å². The normalized spacial score (nSPS) is 22.0. The van der Waals surface area contributed by atoms with E-state index in [0.29, 0.717) is 0 Å². The molecule has 0 bridgehead atoms. The second-order valence-corrected chi connectivity index (χ2v) is 6.12. The molecule has 1 aliphatic carbocycles. The molecule has 20 heavy (non-hydrogen) atoms. The van der Waals surface area contributed by atoms with Crippen molar-refractivity contribution in [3.05, 3.63) is 0 Å². The number of rotatable bonds is 6. The van der Waals surface area contributed by atoms with E-state index in [-0.39, 0.29) is 24.3 Å². The van der Waals surface area contributed by atoms with Crippen LogP contribution >= 0.6 is 0 Å². The molecule has 0 saturated heterocycles. The minimum absolute atomic E-state index is 0.00571. The van der Waals surface area contributed by atoms with Crippen molar-refractivity contribution in [1.82, 2.24) is 10.6 Å². The van der Waals surface area contributed by atoms with Gasteiger partial charge in [0.1, 0.15) is 6.04 Å². The lowest BCUT2D eigenvalue weighted by molar-refractivity contribution is -0.139. The second-order valence-electron chi connectivity index (χ2n) is 6.12. The summed E-state index contributed by atoms with van der Waals surface area (Å²) < 4.78 is 0. The molecule has 1 saturated carbocycles. The Morgan fingerprint density at radius 2 is 2.05 bits per heavy atom. The van der Waals surface area contributed by atoms with E-state index in [2.05, 4.69) is 24.5 Å². The van der Waals surface area contributed by atoms with Crippen LogP contribution in [0, 0.1) is 5.41 Å². The van der Waals surface area contributed by atoms with Crippen LogP contribution in [0.1, 0.15) is 46.0 Å². The van der Waals surface area contributed by atoms with Crippen molar-refractivity contribution in [3.8, 4) is 0 Å². The van der Waals surface area contributed by atoms with Crippen molar-refractivity contribution in [2.45, 2.75) is 58.0 Å². The maximum absolute atomic E-state index is 11.8. The van der Waals surface area contributed by atoms with Crippen molar-refractivity contribution in [2.24, 2.45) is 11.1 Å². The molecule has 7 nitrogen and oxygen atoms in total. The van der Waals surface area contributed by atoms with Crippen LogP contribution in [0.15, 0.2) is 0 Å². The number of carbonyl (C=O) groups excluding carboxylic acids is 2. The maximum atomic E-state index is 11.8. The molecule has 2 atom stereocenters. The van der Waals surface area contributed by atoms with Crippen molar-refractivity contribution in [2.75, 3.05) is 0 Å². The van der Waals surface area contributed by atoms with Crippen molar-refractivity contribution in [1.29, 1.82) is 0 Å². The number of amides is 3. The molecule has 3 amide bonds. The molecule has 0 aromatic carbocycles. The number of carboxylic acids is 1. The second kappa shape index (κ2) is 6.58. The van der Waals surface area contributed by atoms with Crippen molar-refractivity contribution in [3.63, 3.8) is 0 Å². The lowest BCUT2D eigenvalue weighted by Crippen LogP contribution is -2.48. The van der Waals surface area contributed by atoms with E-state index in [1.807, 2.05) is 0 Å². The van der Waals surface area contributed by atoms with Gasteiger partial charge in [0, 0.05) is 12.5 Å². The first-order chi connectivity index (χ1) is 9.19. The first kappa shape index (κ1) is 16.3. The summed E-state index contributed by atoms with van der Waals surface area (Å²) >= 11 is 0. The number of nitrogens with one attached hydrogen (secondary N) is 2. The number of aliphatic carboxylic acids is 1. The molecule has 5 N–H and O–H groups in total. The Morgan fingerprint density at radius 3 is 2.50 bits per heavy atom. The predicted molar refractivity (Wildman–Crippen MR) is 72.9 cm³/mol. The van der Waals surface area contributed by atoms with Gasteiger partial charge in [-0.05, 0) is 31.1 Å². The highest BCUT2D eigenvalue weighted by Gasteiger charge is 2.32. The molecule has 0 aliphatic heterocycles. The van der Waals surface area contributed by atoms with Crippen LogP contribution in [0.5, 0.6) is 0 Å². The summed E-state index contributed by atoms with van der Waals surface area (Å²) in [5.74, 6) is -1.76. The van der Waals surface area contributed by atoms with E-state index in [1.54, 1.807) is 0 Å². The monoisotopic (exact) mass is 285 g/mol. The lowest BCUT2D eigenvalue weighted by Gasteiger charge is -2.19. The molecule has 114 valence electrons. The van der Waals surface area contributed by atoms with Gasteiger partial charge in [-0.15, -0.1) is 0 Å². The predicted octanol–water partition coefficient (Wildman–Crippen LogP) is 0.583. The van der Waals surface area contributed by atoms with Gasteiger partial charge in [0.2, 0.25) is 5.91 Å². The van der Waals surface area contributed by atoms with Crippen LogP contribution in [0.2, 0.25) is 0 Å². The Kier molecular flexibility index (Phi) is 5.35. The van der Waals surface area contributed by atoms with Gasteiger partial charge >= 0.3 is 12.0 Å². The fourth-order valence-electron chi connectivity index (χ4n) is 2.49. The van der Waals surface area contributed by atoms with Gasteiger partial charge < -0.3 is 21.5 Å². The third-order valence-corrected chi connectivity index (χ3v) is 3.59. The standard InChI is InChI=1S/C13H23N3O4/c1-13(2)6-5-8(7-13)15-12(20)16-9(11(18)19)3-4-10(14)17/h8-9H,3-7H2,1-2H3,(H2,14,17)(H,18,19)(H2,15,16,20). The summed E-state index contributed by atoms with van der Waals surface area (Å²) in [6.07, 6.45) is 2.71. The molecule has 0 radical (unpaired) electrons. The number of urea groups is 1. The molecule has 0 spiro atoms. The summed E-state index contributed by atoms with van der Waals surface area (Å²) in [4.78, 5) is 33.4. The zero-order chi connectivity index (χ0) is 15.3. The highest BCUT2D eigenvalue weighted by molar-refractivity contribution is 5.83. The average Bonchev–Trinajstić information content (AvgIpc) is 2.63. The van der Waals surface area contributed by atoms with Gasteiger partial charge in [-0.25, -0.2) is 9.59 Å². The minimum atomic E-state index is -1.17. The van der Waals surface area contributed by atoms with E-state index in [1.165, 1.54) is 0 Å². The molecule has 0 aromatic heterocycles. The number of carboxylic acid groups (broad SMARTS) is 1. The van der Waals surface area contributed by atoms with Gasteiger partial charge in [-0.1, -0.05) is 13.8 Å². The number of nitrogens with two attached hydrogens (primary N) is 1. The number of primary amides is 1. The molecule has 1 aliphatic rings. The minimum Gasteiger partial charge on any atom is -0.480 e. The van der Waals surface area contributed by atoms with Gasteiger partial charge in [-0.3, -0.25) is 4.79 Å². The number of carbonyl (C=O) groups is 3. The summed E-state index contributed by atoms with van der Waals surface area (Å²) in [5.41, 5.74) is 5.18. The largest absolute Gasteiger partial charge is 0.480 e. The van der Waals surface area contributed by atoms with Crippen LogP contribution < -0.4 is 16.4 Å². The Hall–Kier alpha value is -1.79. The van der Waals surface area contributed by atoms with E-state index in [4.69, 9.17) is 10.8 Å². The summed E-state index contributed by atoms with van der Waals surface area (Å²) in [5, 5.41) is 14.1. The Labute approximate surface area is 118 Å². The maximum Gasteiger partial charge on any atom is 0.326 e. The first-order valence-corrected chi connectivity index (χ1v) is 6.78. The fourth-order valence-corrected chi connectivity index (χ4v) is 2.49. The molecular weight excluding hydrogens is 262 g/mol. The Bertz CT molecular complexity index is 395. The molecule has 0 aromatic rings. The van der Waals surface area contributed by atoms with E-state index >= 15 is 0 Å². The van der Waals surface area contributed by atoms with Crippen molar-refractivity contribution < 1.29 is 19.5 Å². The van der Waals surface area contributed by atoms with Crippen LogP contribution in [0.4, 0.5) is 4.79 Å². The van der Waals surface area contributed by atoms with Crippen molar-refractivity contribution >= 4 is 17.9 Å². The first-order valence-electron chi connectivity index (χ1n) is 6.78. The van der Waals surface area contributed by atoms with Crippen LogP contribution in [0.25, 0.3) is 0 Å². The van der Waals surface area contributed by atoms with E-state index in [9.17, 15) is 14.4 Å². The average molecular weight is 285 g/mol. The molecule has 2 unspecified atom stereocenters. The topological polar surface area (TPSA) is 122 Å². The number of hydrogen-bond acceptors (Lipinski definition) is 3. The quantitative estimate of drug-likeness (QED) is 0.570. The van der Waals surface area contributed by atoms with Crippen LogP contribution in [-0.4, -0.2) is 35.1 Å². The molecule has 1 fully saturated rings. The molecule has 0 heterocycles. The van der Waals surface area contributed by atoms with Gasteiger partial charge in [0.25, 0.3) is 0 Å². The third kappa shape index (κ3) is 5.46. The van der Waals surface area contributed by atoms with Crippen LogP contribution in [0.3, 0.4) is 0 Å². The molecule has 1 rings (SSSR count). The summed E-state index contributed by atoms with van der Waals surface area (Å²) in [6.45, 7) is 4.28. The Morgan fingerprint density at radius 1 is 1.40 bits per heavy atom. The zero-order valence-electron chi connectivity index (χ0n) is 11.9. The molecular formula is C13H23N3O4. The van der Waals surface area contributed by atoms with Gasteiger partial charge in [-0.2, -0.15) is 0 Å². The van der Waals surface area contributed by atoms with Crippen LogP contribution in [-0.2, 0) is 9.59 Å².